The molecule has 0 bridgehead atoms. The van der Waals surface area contributed by atoms with E-state index in [-0.39, 0.29) is 42.5 Å². The average Bonchev–Trinajstić information content (AvgIpc) is 1.54. The summed E-state index contributed by atoms with van der Waals surface area (Å²) >= 11 is 2.17. The standard InChI is InChI=1S/C93H78F6N4S2/c1-47-37-59(38-48(2)77(47)87(102-100)83-67-29-21-17-25-63(67)81(64-26-18-22-30-68(64)83)75-51(5)41-61(42-52(75)6)89(11,12)13)57-33-35-71-73(45-57)104-55(9)79(71)85-86(92(96,97)93(98,99)91(85,94)95)80-56(10)105-74-46-58(34-36-72(74)80)60-39-49(3)78(50(4)40-60)88(103-101)84-69-31-23-19-27-65(69)82(66-28-20-24-32-70(66)84)76-53(7)43-62(44-54(76)8)90(14,15)16/h17-46H,1-16H3. The van der Waals surface area contributed by atoms with E-state index in [9.17, 15) is 11.1 Å². The van der Waals surface area contributed by atoms with Crippen LogP contribution in [0, 0.1) is 69.2 Å². The highest BCUT2D eigenvalue weighted by Gasteiger charge is 2.80. The van der Waals surface area contributed by atoms with Gasteiger partial charge in [0.2, 0.25) is 0 Å². The van der Waals surface area contributed by atoms with Gasteiger partial charge in [0.05, 0.1) is 22.3 Å². The van der Waals surface area contributed by atoms with Gasteiger partial charge < -0.3 is 11.1 Å². The Morgan fingerprint density at radius 3 is 0.848 bits per heavy atom. The first-order chi connectivity index (χ1) is 49.7. The Kier molecular flexibility index (Phi) is 16.7. The molecule has 0 atom stereocenters. The first kappa shape index (κ1) is 70.3. The Bertz CT molecular complexity index is 5700. The predicted octanol–water partition coefficient (Wildman–Crippen LogP) is 27.0. The van der Waals surface area contributed by atoms with Gasteiger partial charge in [0.1, 0.15) is 0 Å². The van der Waals surface area contributed by atoms with Crippen molar-refractivity contribution < 1.29 is 35.9 Å². The van der Waals surface area contributed by atoms with E-state index in [2.05, 4.69) is 152 Å². The molecule has 524 valence electrons. The number of benzene rings is 12. The highest BCUT2D eigenvalue weighted by Crippen LogP contribution is 2.67. The second kappa shape index (κ2) is 24.9. The number of hydrogen-bond acceptors (Lipinski definition) is 2. The van der Waals surface area contributed by atoms with E-state index in [4.69, 9.17) is 0 Å². The summed E-state index contributed by atoms with van der Waals surface area (Å²) in [5.41, 5.74) is 40.4. The van der Waals surface area contributed by atoms with Crippen molar-refractivity contribution >= 4 is 109 Å². The van der Waals surface area contributed by atoms with Gasteiger partial charge >= 0.3 is 29.2 Å². The summed E-state index contributed by atoms with van der Waals surface area (Å²) in [6.45, 7) is 32.8. The van der Waals surface area contributed by atoms with Crippen molar-refractivity contribution in [2.75, 3.05) is 0 Å². The topological polar surface area (TPSA) is 72.8 Å². The summed E-state index contributed by atoms with van der Waals surface area (Å²) in [5.74, 6) is -16.4. The number of alkyl halides is 6. The van der Waals surface area contributed by atoms with E-state index in [0.717, 1.165) is 155 Å². The summed E-state index contributed by atoms with van der Waals surface area (Å²) in [6, 6.07) is 60.0. The lowest BCUT2D eigenvalue weighted by Gasteiger charge is -2.26. The van der Waals surface area contributed by atoms with Gasteiger partial charge in [0, 0.05) is 52.2 Å². The van der Waals surface area contributed by atoms with Crippen LogP contribution >= 0.6 is 22.7 Å². The maximum Gasteiger partial charge on any atom is 0.380 e. The Balaban J connectivity index is 0.794. The molecule has 0 unspecified atom stereocenters. The van der Waals surface area contributed by atoms with Crippen LogP contribution in [-0.2, 0) is 10.8 Å². The number of halogens is 6. The zero-order chi connectivity index (χ0) is 74.8. The van der Waals surface area contributed by atoms with Crippen LogP contribution in [0.25, 0.3) is 130 Å². The quantitative estimate of drug-likeness (QED) is 0.0430. The fourth-order valence-corrected chi connectivity index (χ4v) is 19.4. The molecule has 1 aliphatic rings. The molecule has 1 aliphatic carbocycles. The van der Waals surface area contributed by atoms with E-state index >= 15 is 26.3 Å². The van der Waals surface area contributed by atoms with Crippen molar-refractivity contribution in [3.05, 3.63) is 292 Å². The van der Waals surface area contributed by atoms with Crippen molar-refractivity contribution in [2.45, 2.75) is 139 Å². The Labute approximate surface area is 616 Å². The molecule has 0 amide bonds. The van der Waals surface area contributed by atoms with Crippen molar-refractivity contribution in [1.82, 2.24) is 0 Å². The van der Waals surface area contributed by atoms with Gasteiger partial charge in [-0.2, -0.15) is 35.9 Å². The maximum atomic E-state index is 17.1. The molecule has 0 spiro atoms. The molecule has 2 aromatic heterocycles. The molecule has 0 N–H and O–H groups in total. The Morgan fingerprint density at radius 2 is 0.581 bits per heavy atom. The summed E-state index contributed by atoms with van der Waals surface area (Å²) in [7, 11) is 0. The zero-order valence-electron chi connectivity index (χ0n) is 61.7. The third-order valence-corrected chi connectivity index (χ3v) is 24.1. The molecule has 15 rings (SSSR count). The third kappa shape index (κ3) is 10.8. The molecule has 12 aromatic carbocycles. The van der Waals surface area contributed by atoms with Crippen LogP contribution < -0.4 is 0 Å². The fourth-order valence-electron chi connectivity index (χ4n) is 17.2. The minimum Gasteiger partial charge on any atom is -0.361 e. The fraction of sp³-hybridized carbons (Fsp3) is 0.226. The number of hydrogen-bond donors (Lipinski definition) is 0. The zero-order valence-corrected chi connectivity index (χ0v) is 63.3. The smallest absolute Gasteiger partial charge is 0.361 e. The van der Waals surface area contributed by atoms with Crippen LogP contribution in [0.5, 0.6) is 0 Å². The van der Waals surface area contributed by atoms with Gasteiger partial charge in [-0.15, -0.1) is 22.7 Å². The average molecular weight is 1430 g/mol. The first-order valence-corrected chi connectivity index (χ1v) is 37.1. The molecule has 0 radical (unpaired) electrons. The lowest BCUT2D eigenvalue weighted by atomic mass is 9.79. The number of fused-ring (bicyclic) bond motifs is 6. The van der Waals surface area contributed by atoms with E-state index in [1.54, 1.807) is 36.4 Å². The van der Waals surface area contributed by atoms with Crippen LogP contribution in [0.15, 0.2) is 182 Å². The molecule has 0 fully saturated rings. The molecule has 12 heteroatoms. The lowest BCUT2D eigenvalue weighted by Crippen LogP contribution is -2.48. The number of nitrogens with zero attached hydrogens (tertiary/aromatic N) is 4. The van der Waals surface area contributed by atoms with Gasteiger partial charge in [-0.1, -0.05) is 211 Å². The van der Waals surface area contributed by atoms with E-state index in [0.29, 0.717) is 43.1 Å². The third-order valence-electron chi connectivity index (χ3n) is 21.9. The van der Waals surface area contributed by atoms with Crippen molar-refractivity contribution in [3.63, 3.8) is 0 Å². The molecule has 0 saturated heterocycles. The van der Waals surface area contributed by atoms with Crippen molar-refractivity contribution in [3.8, 4) is 44.5 Å². The van der Waals surface area contributed by atoms with E-state index in [1.807, 2.05) is 100 Å². The van der Waals surface area contributed by atoms with Crippen molar-refractivity contribution in [1.29, 1.82) is 0 Å². The molecule has 2 heterocycles. The highest BCUT2D eigenvalue weighted by atomic mass is 32.1. The van der Waals surface area contributed by atoms with Crippen LogP contribution in [0.1, 0.15) is 140 Å². The van der Waals surface area contributed by atoms with Gasteiger partial charge in [0.25, 0.3) is 0 Å². The Hall–Kier alpha value is -10.3. The number of thiophene rings is 2. The molecule has 14 aromatic rings. The van der Waals surface area contributed by atoms with Gasteiger partial charge in [-0.3, -0.25) is 0 Å². The van der Waals surface area contributed by atoms with Gasteiger partial charge in [-0.25, -0.2) is 0 Å². The van der Waals surface area contributed by atoms with Crippen LogP contribution in [0.3, 0.4) is 0 Å². The van der Waals surface area contributed by atoms with Crippen LogP contribution in [0.2, 0.25) is 0 Å². The normalized spacial score (nSPS) is 14.4. The van der Waals surface area contributed by atoms with Crippen LogP contribution in [0.4, 0.5) is 26.3 Å². The van der Waals surface area contributed by atoms with Gasteiger partial charge in [0.15, 0.2) is 0 Å². The molecule has 0 aliphatic heterocycles. The number of aryl methyl sites for hydroxylation is 10. The highest BCUT2D eigenvalue weighted by molar-refractivity contribution is 7.19. The molecule has 4 nitrogen and oxygen atoms in total. The molecular formula is C93H78F6N4S2. The monoisotopic (exact) mass is 1430 g/mol. The second-order valence-electron chi connectivity index (χ2n) is 31.0. The number of rotatable bonds is 10. The predicted molar refractivity (Wildman–Crippen MR) is 428 cm³/mol. The van der Waals surface area contributed by atoms with E-state index < -0.39 is 28.9 Å². The molecule has 0 saturated carbocycles. The first-order valence-electron chi connectivity index (χ1n) is 35.5. The molecule has 105 heavy (non-hydrogen) atoms. The summed E-state index contributed by atoms with van der Waals surface area (Å²) in [4.78, 5) is 8.57. The SMILES string of the molecule is Cc1cc(-c2ccc3c(C4=C(c5c(C)sc6cc(-c7cc(C)c(C(=[N+]=[N-])c8c9ccccc9c(-c9c(C)cc(C(C)(C)C)cc9C)c9ccccc89)c(C)c7)ccc56)C(F)(F)C(F)(F)C4(F)F)c(C)sc3c2)cc(C)c1C(=[N+]=[N-])c1c2ccccc2c(-c2c(C)cc(C(C)(C)C)cc2C)c2ccccc12. The summed E-state index contributed by atoms with van der Waals surface area (Å²) in [5, 5.41) is 7.95. The molecular weight excluding hydrogens is 1350 g/mol. The van der Waals surface area contributed by atoms with E-state index in [1.165, 1.54) is 25.0 Å². The van der Waals surface area contributed by atoms with Gasteiger partial charge in [-0.05, 0) is 235 Å². The minimum absolute atomic E-state index is 0.0486. The maximum absolute atomic E-state index is 17.1. The lowest BCUT2D eigenvalue weighted by molar-refractivity contribution is -0.254. The summed E-state index contributed by atoms with van der Waals surface area (Å²) in [6.07, 6.45) is 0. The number of allylic oxidation sites excluding steroid dienone is 2. The Morgan fingerprint density at radius 1 is 0.305 bits per heavy atom. The van der Waals surface area contributed by atoms with Crippen molar-refractivity contribution in [2.24, 2.45) is 0 Å². The minimum atomic E-state index is -5.79. The summed E-state index contributed by atoms with van der Waals surface area (Å²) < 4.78 is 102. The second-order valence-corrected chi connectivity index (χ2v) is 33.5. The largest absolute Gasteiger partial charge is 0.380 e. The van der Waals surface area contributed by atoms with Crippen LogP contribution in [-0.4, -0.2) is 38.8 Å².